The molecule has 8 heteroatoms. The summed E-state index contributed by atoms with van der Waals surface area (Å²) in [5, 5.41) is 0. The number of fused-ring (bicyclic) bond motifs is 1. The van der Waals surface area contributed by atoms with Crippen LogP contribution in [0.3, 0.4) is 0 Å². The van der Waals surface area contributed by atoms with Gasteiger partial charge in [0.1, 0.15) is 17.0 Å². The largest absolute Gasteiger partial charge is 0.497 e. The highest BCUT2D eigenvalue weighted by Gasteiger charge is 2.33. The van der Waals surface area contributed by atoms with Gasteiger partial charge in [-0.15, -0.1) is 11.3 Å². The predicted molar refractivity (Wildman–Crippen MR) is 87.4 cm³/mol. The number of benzene rings is 1. The molecule has 0 amide bonds. The minimum Gasteiger partial charge on any atom is -0.497 e. The molecule has 0 radical (unpaired) electrons. The highest BCUT2D eigenvalue weighted by molar-refractivity contribution is 7.91. The van der Waals surface area contributed by atoms with Crippen LogP contribution in [0.25, 0.3) is 10.2 Å². The third kappa shape index (κ3) is 2.90. The second-order valence-corrected chi connectivity index (χ2v) is 8.97. The van der Waals surface area contributed by atoms with Crippen molar-refractivity contribution in [2.75, 3.05) is 21.3 Å². The maximum atomic E-state index is 12.7. The number of sulfonamides is 1. The monoisotopic (exact) mass is 344 g/mol. The van der Waals surface area contributed by atoms with Crippen LogP contribution in [0.15, 0.2) is 16.5 Å². The molecule has 0 saturated heterocycles. The number of thiazole rings is 1. The van der Waals surface area contributed by atoms with E-state index in [9.17, 15) is 8.42 Å². The Bertz CT molecular complexity index is 791. The first-order valence-corrected chi connectivity index (χ1v) is 8.88. The molecule has 0 atom stereocenters. The molecule has 6 nitrogen and oxygen atoms in total. The van der Waals surface area contributed by atoms with Gasteiger partial charge < -0.3 is 9.47 Å². The maximum absolute atomic E-state index is 12.7. The van der Waals surface area contributed by atoms with Gasteiger partial charge in [-0.3, -0.25) is 0 Å². The molecular formula is C14H20N2O4S2. The van der Waals surface area contributed by atoms with Crippen molar-refractivity contribution in [1.82, 2.24) is 9.29 Å². The van der Waals surface area contributed by atoms with E-state index in [1.807, 2.05) is 20.8 Å². The van der Waals surface area contributed by atoms with Gasteiger partial charge in [0.2, 0.25) is 4.34 Å². The lowest BCUT2D eigenvalue weighted by atomic mass is 10.1. The second-order valence-electron chi connectivity index (χ2n) is 5.80. The molecule has 0 N–H and O–H groups in total. The predicted octanol–water partition coefficient (Wildman–Crippen LogP) is 2.73. The third-order valence-corrected chi connectivity index (χ3v) is 6.88. The Morgan fingerprint density at radius 1 is 1.18 bits per heavy atom. The van der Waals surface area contributed by atoms with Gasteiger partial charge in [0, 0.05) is 18.7 Å². The van der Waals surface area contributed by atoms with Gasteiger partial charge in [-0.25, -0.2) is 13.4 Å². The van der Waals surface area contributed by atoms with Crippen molar-refractivity contribution in [3.8, 4) is 11.5 Å². The quantitative estimate of drug-likeness (QED) is 0.853. The Morgan fingerprint density at radius 3 is 2.32 bits per heavy atom. The lowest BCUT2D eigenvalue weighted by Gasteiger charge is -2.29. The molecule has 22 heavy (non-hydrogen) atoms. The molecule has 0 aliphatic rings. The molecule has 1 aromatic carbocycles. The Balaban J connectivity index is 2.63. The van der Waals surface area contributed by atoms with Crippen LogP contribution in [0.1, 0.15) is 20.8 Å². The number of hydrogen-bond donors (Lipinski definition) is 0. The summed E-state index contributed by atoms with van der Waals surface area (Å²) in [6.07, 6.45) is 0. The topological polar surface area (TPSA) is 68.7 Å². The summed E-state index contributed by atoms with van der Waals surface area (Å²) >= 11 is 1.11. The molecule has 0 fully saturated rings. The van der Waals surface area contributed by atoms with Gasteiger partial charge in [-0.05, 0) is 26.8 Å². The van der Waals surface area contributed by atoms with E-state index in [2.05, 4.69) is 4.98 Å². The lowest BCUT2D eigenvalue weighted by Crippen LogP contribution is -2.42. The molecule has 0 spiro atoms. The summed E-state index contributed by atoms with van der Waals surface area (Å²) in [6.45, 7) is 5.50. The number of aromatic nitrogens is 1. The van der Waals surface area contributed by atoms with Crippen molar-refractivity contribution < 1.29 is 17.9 Å². The van der Waals surface area contributed by atoms with Gasteiger partial charge in [-0.2, -0.15) is 4.31 Å². The van der Waals surface area contributed by atoms with Gasteiger partial charge in [0.25, 0.3) is 10.0 Å². The van der Waals surface area contributed by atoms with E-state index >= 15 is 0 Å². The van der Waals surface area contributed by atoms with Crippen LogP contribution in [0.4, 0.5) is 0 Å². The Hall–Kier alpha value is -1.38. The van der Waals surface area contributed by atoms with Crippen LogP contribution >= 0.6 is 11.3 Å². The number of rotatable bonds is 4. The lowest BCUT2D eigenvalue weighted by molar-refractivity contribution is 0.291. The van der Waals surface area contributed by atoms with Crippen molar-refractivity contribution in [2.24, 2.45) is 0 Å². The van der Waals surface area contributed by atoms with E-state index in [1.165, 1.54) is 11.4 Å². The SMILES string of the molecule is COc1cc(OC)c2nc(S(=O)(=O)N(C)C(C)(C)C)sc2c1. The summed E-state index contributed by atoms with van der Waals surface area (Å²) in [4.78, 5) is 4.27. The van der Waals surface area contributed by atoms with Crippen molar-refractivity contribution >= 4 is 31.6 Å². The zero-order chi connectivity index (χ0) is 16.7. The molecule has 0 bridgehead atoms. The van der Waals surface area contributed by atoms with Crippen molar-refractivity contribution in [3.63, 3.8) is 0 Å². The van der Waals surface area contributed by atoms with Crippen LogP contribution in [-0.2, 0) is 10.0 Å². The summed E-state index contributed by atoms with van der Waals surface area (Å²) in [6, 6.07) is 3.44. The molecule has 0 aliphatic heterocycles. The fourth-order valence-corrected chi connectivity index (χ4v) is 4.75. The smallest absolute Gasteiger partial charge is 0.270 e. The van der Waals surface area contributed by atoms with Gasteiger partial charge >= 0.3 is 0 Å². The molecule has 1 aromatic heterocycles. The zero-order valence-corrected chi connectivity index (χ0v) is 15.1. The Morgan fingerprint density at radius 2 is 1.82 bits per heavy atom. The first-order valence-electron chi connectivity index (χ1n) is 6.63. The molecule has 0 saturated carbocycles. The van der Waals surface area contributed by atoms with Crippen molar-refractivity contribution in [3.05, 3.63) is 12.1 Å². The fourth-order valence-electron chi connectivity index (χ4n) is 1.82. The average Bonchev–Trinajstić information content (AvgIpc) is 2.88. The van der Waals surface area contributed by atoms with Crippen LogP contribution in [0, 0.1) is 0 Å². The van der Waals surface area contributed by atoms with Gasteiger partial charge in [0.15, 0.2) is 0 Å². The fraction of sp³-hybridized carbons (Fsp3) is 0.500. The number of ether oxygens (including phenoxy) is 2. The van der Waals surface area contributed by atoms with Crippen molar-refractivity contribution in [1.29, 1.82) is 0 Å². The van der Waals surface area contributed by atoms with Crippen LogP contribution < -0.4 is 9.47 Å². The van der Waals surface area contributed by atoms with Gasteiger partial charge in [0.05, 0.1) is 18.9 Å². The number of nitrogens with zero attached hydrogens (tertiary/aromatic N) is 2. The first kappa shape index (κ1) is 17.0. The normalized spacial score (nSPS) is 12.9. The highest BCUT2D eigenvalue weighted by atomic mass is 32.2. The molecule has 2 aromatic rings. The van der Waals surface area contributed by atoms with Crippen LogP contribution in [-0.4, -0.2) is 44.5 Å². The highest BCUT2D eigenvalue weighted by Crippen LogP contribution is 2.37. The Labute approximate surface area is 134 Å². The zero-order valence-electron chi connectivity index (χ0n) is 13.5. The second kappa shape index (κ2) is 5.68. The number of hydrogen-bond acceptors (Lipinski definition) is 6. The maximum Gasteiger partial charge on any atom is 0.270 e. The van der Waals surface area contributed by atoms with E-state index in [0.29, 0.717) is 21.7 Å². The summed E-state index contributed by atoms with van der Waals surface area (Å²) < 4.78 is 38.0. The minimum atomic E-state index is -3.66. The summed E-state index contributed by atoms with van der Waals surface area (Å²) in [7, 11) is 0.961. The van der Waals surface area contributed by atoms with E-state index in [-0.39, 0.29) is 4.34 Å². The number of methoxy groups -OCH3 is 2. The molecule has 2 rings (SSSR count). The van der Waals surface area contributed by atoms with Gasteiger partial charge in [-0.1, -0.05) is 0 Å². The molecule has 1 heterocycles. The average molecular weight is 344 g/mol. The van der Waals surface area contributed by atoms with Crippen molar-refractivity contribution in [2.45, 2.75) is 30.6 Å². The molecule has 0 aliphatic carbocycles. The summed E-state index contributed by atoms with van der Waals surface area (Å²) in [5.41, 5.74) is -0.00691. The molecule has 0 unspecified atom stereocenters. The van der Waals surface area contributed by atoms with E-state index in [1.54, 1.807) is 26.3 Å². The third-order valence-electron chi connectivity index (χ3n) is 3.40. The van der Waals surface area contributed by atoms with E-state index in [0.717, 1.165) is 11.3 Å². The first-order chi connectivity index (χ1) is 10.1. The Kier molecular flexibility index (Phi) is 4.38. The van der Waals surface area contributed by atoms with Crippen LogP contribution in [0.5, 0.6) is 11.5 Å². The van der Waals surface area contributed by atoms with E-state index < -0.39 is 15.6 Å². The molecular weight excluding hydrogens is 324 g/mol. The molecule has 122 valence electrons. The van der Waals surface area contributed by atoms with Crippen LogP contribution in [0.2, 0.25) is 0 Å². The standard InChI is InChI=1S/C14H20N2O4S2/c1-14(2,3)16(4)22(17,18)13-15-12-10(20-6)7-9(19-5)8-11(12)21-13/h7-8H,1-6H3. The minimum absolute atomic E-state index is 0.0477. The summed E-state index contributed by atoms with van der Waals surface area (Å²) in [5.74, 6) is 1.09. The van der Waals surface area contributed by atoms with E-state index in [4.69, 9.17) is 9.47 Å².